The summed E-state index contributed by atoms with van der Waals surface area (Å²) in [6.07, 6.45) is 2.97. The maximum atomic E-state index is 13.0. The van der Waals surface area contributed by atoms with Crippen LogP contribution in [0.15, 0.2) is 34.9 Å². The molecule has 1 aliphatic heterocycles. The van der Waals surface area contributed by atoms with Crippen LogP contribution in [-0.4, -0.2) is 17.4 Å². The van der Waals surface area contributed by atoms with Crippen LogP contribution < -0.4 is 5.32 Å². The van der Waals surface area contributed by atoms with Crippen LogP contribution in [-0.2, 0) is 4.79 Å². The zero-order valence-corrected chi connectivity index (χ0v) is 14.7. The van der Waals surface area contributed by atoms with E-state index < -0.39 is 23.1 Å². The van der Waals surface area contributed by atoms with Crippen molar-refractivity contribution >= 4 is 23.5 Å². The first-order valence-corrected chi connectivity index (χ1v) is 9.27. The van der Waals surface area contributed by atoms with E-state index in [9.17, 15) is 24.5 Å². The number of halogens is 1. The average Bonchev–Trinajstić information content (AvgIpc) is 3.10. The molecule has 1 amide bonds. The van der Waals surface area contributed by atoms with Crippen LogP contribution in [0.2, 0.25) is 0 Å². The Kier molecular flexibility index (Phi) is 5.11. The van der Waals surface area contributed by atoms with Crippen LogP contribution in [0.5, 0.6) is 0 Å². The van der Waals surface area contributed by atoms with E-state index in [-0.39, 0.29) is 11.5 Å². The van der Waals surface area contributed by atoms with Crippen molar-refractivity contribution < 1.29 is 14.0 Å². The summed E-state index contributed by atoms with van der Waals surface area (Å²) in [6, 6.07) is 9.47. The number of hydrogen-bond acceptors (Lipinski definition) is 5. The van der Waals surface area contributed by atoms with E-state index in [1.54, 1.807) is 0 Å². The van der Waals surface area contributed by atoms with Gasteiger partial charge in [-0.05, 0) is 37.1 Å². The molecule has 1 unspecified atom stereocenters. The Morgan fingerprint density at radius 3 is 2.50 bits per heavy atom. The van der Waals surface area contributed by atoms with Gasteiger partial charge < -0.3 is 5.32 Å². The second kappa shape index (κ2) is 7.31. The zero-order valence-electron chi connectivity index (χ0n) is 13.9. The van der Waals surface area contributed by atoms with Gasteiger partial charge >= 0.3 is 0 Å². The molecule has 2 aliphatic rings. The fraction of sp³-hybridized carbons (Fsp3) is 0.368. The van der Waals surface area contributed by atoms with Crippen molar-refractivity contribution in [1.29, 1.82) is 10.5 Å². The van der Waals surface area contributed by atoms with E-state index in [0.29, 0.717) is 29.0 Å². The van der Waals surface area contributed by atoms with E-state index in [0.717, 1.165) is 24.6 Å². The van der Waals surface area contributed by atoms with Crippen molar-refractivity contribution in [3.05, 3.63) is 46.2 Å². The first kappa shape index (κ1) is 18.2. The smallest absolute Gasteiger partial charge is 0.243 e. The molecule has 1 N–H and O–H groups in total. The first-order valence-electron chi connectivity index (χ1n) is 8.29. The number of carbonyl (C=O) groups is 2. The van der Waals surface area contributed by atoms with Gasteiger partial charge in [-0.3, -0.25) is 9.59 Å². The molecule has 1 aliphatic carbocycles. The second-order valence-electron chi connectivity index (χ2n) is 6.45. The monoisotopic (exact) mass is 369 g/mol. The van der Waals surface area contributed by atoms with Crippen LogP contribution in [0.25, 0.3) is 0 Å². The highest BCUT2D eigenvalue weighted by Gasteiger charge is 2.52. The van der Waals surface area contributed by atoms with E-state index in [1.165, 1.54) is 24.3 Å². The molecule has 5 nitrogen and oxygen atoms in total. The van der Waals surface area contributed by atoms with E-state index >= 15 is 0 Å². The molecule has 0 aromatic heterocycles. The molecular weight excluding hydrogens is 353 g/mol. The molecule has 7 heteroatoms. The molecule has 3 rings (SSSR count). The van der Waals surface area contributed by atoms with E-state index in [1.807, 2.05) is 0 Å². The maximum absolute atomic E-state index is 13.0. The lowest BCUT2D eigenvalue weighted by Gasteiger charge is -2.37. The van der Waals surface area contributed by atoms with Gasteiger partial charge in [0.1, 0.15) is 11.7 Å². The first-order chi connectivity index (χ1) is 12.5. The van der Waals surface area contributed by atoms with Crippen LogP contribution in [0.4, 0.5) is 4.39 Å². The Hall–Kier alpha value is -2.64. The number of nitrogens with zero attached hydrogens (tertiary/aromatic N) is 2. The Morgan fingerprint density at radius 1 is 1.27 bits per heavy atom. The van der Waals surface area contributed by atoms with Gasteiger partial charge in [0, 0.05) is 11.0 Å². The highest BCUT2D eigenvalue weighted by atomic mass is 32.2. The molecule has 1 spiro atoms. The minimum atomic E-state index is -0.878. The predicted octanol–water partition coefficient (Wildman–Crippen LogP) is 3.31. The number of hydrogen-bond donors (Lipinski definition) is 1. The van der Waals surface area contributed by atoms with Crippen molar-refractivity contribution in [1.82, 2.24) is 5.32 Å². The molecule has 1 fully saturated rings. The van der Waals surface area contributed by atoms with Crippen molar-refractivity contribution in [2.24, 2.45) is 11.3 Å². The molecule has 0 bridgehead atoms. The maximum Gasteiger partial charge on any atom is 0.243 e. The van der Waals surface area contributed by atoms with Gasteiger partial charge in [0.05, 0.1) is 28.5 Å². The number of rotatable bonds is 4. The van der Waals surface area contributed by atoms with Gasteiger partial charge in [0.2, 0.25) is 5.91 Å². The molecule has 1 heterocycles. The molecular formula is C19H16FN3O2S. The normalized spacial score (nSPS) is 21.2. The predicted molar refractivity (Wildman–Crippen MR) is 94.0 cm³/mol. The number of benzene rings is 1. The van der Waals surface area contributed by atoms with Crippen LogP contribution in [0, 0.1) is 39.8 Å². The fourth-order valence-corrected chi connectivity index (χ4v) is 4.73. The van der Waals surface area contributed by atoms with Gasteiger partial charge in [-0.25, -0.2) is 4.39 Å². The number of thioether (sulfide) groups is 1. The summed E-state index contributed by atoms with van der Waals surface area (Å²) in [6.45, 7) is 0. The largest absolute Gasteiger partial charge is 0.319 e. The van der Waals surface area contributed by atoms with Gasteiger partial charge in [0.15, 0.2) is 5.78 Å². The minimum Gasteiger partial charge on any atom is -0.319 e. The van der Waals surface area contributed by atoms with Crippen LogP contribution in [0.1, 0.15) is 36.0 Å². The third-order valence-electron chi connectivity index (χ3n) is 5.03. The lowest BCUT2D eigenvalue weighted by atomic mass is 9.67. The van der Waals surface area contributed by atoms with Gasteiger partial charge in [-0.15, -0.1) is 0 Å². The number of nitriles is 2. The van der Waals surface area contributed by atoms with E-state index in [4.69, 9.17) is 0 Å². The SMILES string of the molecule is N#CC1=C(SCC(=O)c2ccc(F)cc2)NC(=O)C(C#N)C12CCCC2. The molecule has 26 heavy (non-hydrogen) atoms. The lowest BCUT2D eigenvalue weighted by Crippen LogP contribution is -2.46. The number of amides is 1. The lowest BCUT2D eigenvalue weighted by molar-refractivity contribution is -0.126. The van der Waals surface area contributed by atoms with Crippen molar-refractivity contribution in [3.63, 3.8) is 0 Å². The van der Waals surface area contributed by atoms with Crippen molar-refractivity contribution in [3.8, 4) is 12.1 Å². The van der Waals surface area contributed by atoms with Crippen molar-refractivity contribution in [2.75, 3.05) is 5.75 Å². The summed E-state index contributed by atoms with van der Waals surface area (Å²) in [5.74, 6) is -1.92. The second-order valence-corrected chi connectivity index (χ2v) is 7.43. The number of ketones is 1. The number of allylic oxidation sites excluding steroid dienone is 1. The Labute approximate surface area is 154 Å². The third kappa shape index (κ3) is 3.11. The Morgan fingerprint density at radius 2 is 1.92 bits per heavy atom. The molecule has 1 atom stereocenters. The molecule has 1 aromatic rings. The summed E-state index contributed by atoms with van der Waals surface area (Å²) >= 11 is 1.09. The molecule has 1 saturated carbocycles. The Balaban J connectivity index is 1.86. The minimum absolute atomic E-state index is 0.0136. The molecule has 0 saturated heterocycles. The average molecular weight is 369 g/mol. The fourth-order valence-electron chi connectivity index (χ4n) is 3.72. The van der Waals surface area contributed by atoms with Gasteiger partial charge in [-0.2, -0.15) is 10.5 Å². The summed E-state index contributed by atoms with van der Waals surface area (Å²) in [5, 5.41) is 22.1. The van der Waals surface area contributed by atoms with Crippen LogP contribution >= 0.6 is 11.8 Å². The zero-order chi connectivity index (χ0) is 18.7. The quantitative estimate of drug-likeness (QED) is 0.822. The highest BCUT2D eigenvalue weighted by Crippen LogP contribution is 2.53. The standard InChI is InChI=1S/C19H16FN3O2S/c20-13-5-3-12(4-6-13)16(24)11-26-18-15(10-22)19(7-1-2-8-19)14(9-21)17(25)23-18/h3-6,14H,1-2,7-8,11H2,(H,23,25). The third-order valence-corrected chi connectivity index (χ3v) is 6.03. The van der Waals surface area contributed by atoms with Crippen molar-refractivity contribution in [2.45, 2.75) is 25.7 Å². The number of Topliss-reactive ketones (excluding diaryl/α,β-unsaturated/α-hetero) is 1. The highest BCUT2D eigenvalue weighted by molar-refractivity contribution is 8.03. The van der Waals surface area contributed by atoms with Gasteiger partial charge in [-0.1, -0.05) is 24.6 Å². The molecule has 0 radical (unpaired) electrons. The summed E-state index contributed by atoms with van der Waals surface area (Å²) in [7, 11) is 0. The summed E-state index contributed by atoms with van der Waals surface area (Å²) in [5.41, 5.74) is 0.0243. The van der Waals surface area contributed by atoms with Crippen LogP contribution in [0.3, 0.4) is 0 Å². The summed E-state index contributed by atoms with van der Waals surface area (Å²) in [4.78, 5) is 24.7. The topological polar surface area (TPSA) is 93.8 Å². The van der Waals surface area contributed by atoms with Gasteiger partial charge in [0.25, 0.3) is 0 Å². The number of carbonyl (C=O) groups excluding carboxylic acids is 2. The molecule has 132 valence electrons. The molecule has 1 aromatic carbocycles. The Bertz CT molecular complexity index is 858. The van der Waals surface area contributed by atoms with E-state index in [2.05, 4.69) is 17.5 Å². The summed E-state index contributed by atoms with van der Waals surface area (Å²) < 4.78 is 13.0. The number of nitrogens with one attached hydrogen (secondary N) is 1.